The predicted molar refractivity (Wildman–Crippen MR) is 61.7 cm³/mol. The van der Waals surface area contributed by atoms with Gasteiger partial charge in [-0.2, -0.15) is 0 Å². The van der Waals surface area contributed by atoms with Crippen molar-refractivity contribution >= 4 is 11.7 Å². The molecule has 1 rings (SSSR count). The average Bonchev–Trinajstić information content (AvgIpc) is 2.14. The van der Waals surface area contributed by atoms with Gasteiger partial charge in [0, 0.05) is 17.8 Å². The summed E-state index contributed by atoms with van der Waals surface area (Å²) in [5.74, 6) is -0.392. The van der Waals surface area contributed by atoms with Gasteiger partial charge >= 0.3 is 6.03 Å². The number of hydrogen-bond acceptors (Lipinski definition) is 2. The number of rotatable bonds is 3. The minimum Gasteiger partial charge on any atom is -0.336 e. The monoisotopic (exact) mass is 225 g/mol. The topological polar surface area (TPSA) is 67.1 Å². The molecule has 0 aliphatic heterocycles. The minimum absolute atomic E-state index is 0.341. The minimum atomic E-state index is -0.473. The van der Waals surface area contributed by atoms with Crippen molar-refractivity contribution in [2.75, 3.05) is 11.9 Å². The van der Waals surface area contributed by atoms with Crippen molar-refractivity contribution in [1.29, 1.82) is 0 Å². The van der Waals surface area contributed by atoms with Gasteiger partial charge in [0.15, 0.2) is 0 Å². The Balaban J connectivity index is 2.46. The van der Waals surface area contributed by atoms with Crippen LogP contribution in [0.5, 0.6) is 0 Å². The van der Waals surface area contributed by atoms with Crippen molar-refractivity contribution in [3.8, 4) is 0 Å². The Labute approximate surface area is 94.0 Å². The first-order valence-corrected chi connectivity index (χ1v) is 4.96. The van der Waals surface area contributed by atoms with Crippen molar-refractivity contribution in [2.24, 2.45) is 5.73 Å². The van der Waals surface area contributed by atoms with E-state index >= 15 is 0 Å². The lowest BCUT2D eigenvalue weighted by Crippen LogP contribution is -2.46. The Hall–Kier alpha value is -1.62. The summed E-state index contributed by atoms with van der Waals surface area (Å²) < 4.78 is 12.8. The van der Waals surface area contributed by atoms with Crippen LogP contribution in [-0.4, -0.2) is 18.1 Å². The lowest BCUT2D eigenvalue weighted by atomic mass is 10.1. The van der Waals surface area contributed by atoms with E-state index < -0.39 is 17.4 Å². The molecule has 0 heterocycles. The Bertz CT molecular complexity index is 374. The Morgan fingerprint density at radius 2 is 2.19 bits per heavy atom. The zero-order valence-electron chi connectivity index (χ0n) is 9.38. The number of nitrogens with two attached hydrogens (primary N) is 1. The summed E-state index contributed by atoms with van der Waals surface area (Å²) in [6.45, 7) is 3.94. The van der Waals surface area contributed by atoms with Gasteiger partial charge in [-0.25, -0.2) is 9.18 Å². The van der Waals surface area contributed by atoms with Crippen LogP contribution in [0.4, 0.5) is 14.9 Å². The molecule has 0 saturated heterocycles. The molecule has 1 aromatic rings. The molecule has 0 unspecified atom stereocenters. The Kier molecular flexibility index (Phi) is 3.84. The van der Waals surface area contributed by atoms with Gasteiger partial charge in [-0.3, -0.25) is 0 Å². The molecule has 0 aliphatic rings. The summed E-state index contributed by atoms with van der Waals surface area (Å²) in [6.07, 6.45) is 0. The quantitative estimate of drug-likeness (QED) is 0.732. The molecule has 0 radical (unpaired) electrons. The second-order valence-corrected chi connectivity index (χ2v) is 4.31. The fourth-order valence-corrected chi connectivity index (χ4v) is 1.05. The van der Waals surface area contributed by atoms with Gasteiger partial charge in [0.2, 0.25) is 0 Å². The summed E-state index contributed by atoms with van der Waals surface area (Å²) >= 11 is 0. The highest BCUT2D eigenvalue weighted by molar-refractivity contribution is 5.89. The number of hydrogen-bond donors (Lipinski definition) is 3. The van der Waals surface area contributed by atoms with Crippen LogP contribution in [0.25, 0.3) is 0 Å². The van der Waals surface area contributed by atoms with Crippen LogP contribution in [0.2, 0.25) is 0 Å². The lowest BCUT2D eigenvalue weighted by molar-refractivity contribution is 0.250. The number of halogens is 1. The first-order chi connectivity index (χ1) is 7.37. The van der Waals surface area contributed by atoms with Gasteiger partial charge < -0.3 is 16.4 Å². The van der Waals surface area contributed by atoms with E-state index in [0.717, 1.165) is 0 Å². The summed E-state index contributed by atoms with van der Waals surface area (Å²) in [5.41, 5.74) is 5.64. The highest BCUT2D eigenvalue weighted by Crippen LogP contribution is 2.08. The normalized spacial score (nSPS) is 11.0. The van der Waals surface area contributed by atoms with Crippen LogP contribution in [-0.2, 0) is 0 Å². The third-order valence-electron chi connectivity index (χ3n) is 1.79. The number of urea groups is 1. The lowest BCUT2D eigenvalue weighted by Gasteiger charge is -2.19. The molecule has 88 valence electrons. The van der Waals surface area contributed by atoms with E-state index in [0.29, 0.717) is 12.2 Å². The molecule has 0 atom stereocenters. The van der Waals surface area contributed by atoms with Crippen LogP contribution in [0, 0.1) is 5.82 Å². The van der Waals surface area contributed by atoms with E-state index in [-0.39, 0.29) is 0 Å². The number of amides is 2. The average molecular weight is 225 g/mol. The standard InChI is InChI=1S/C11H16FN3O/c1-11(2,13)7-14-10(16)15-9-5-3-4-8(12)6-9/h3-6H,7,13H2,1-2H3,(H2,14,15,16). The number of carbonyl (C=O) groups excluding carboxylic acids is 1. The molecule has 5 heteroatoms. The van der Waals surface area contributed by atoms with E-state index in [9.17, 15) is 9.18 Å². The zero-order valence-corrected chi connectivity index (χ0v) is 9.38. The zero-order chi connectivity index (χ0) is 12.2. The van der Waals surface area contributed by atoms with Gasteiger partial charge in [0.25, 0.3) is 0 Å². The third kappa shape index (κ3) is 4.75. The Morgan fingerprint density at radius 1 is 1.50 bits per heavy atom. The van der Waals surface area contributed by atoms with Crippen molar-refractivity contribution in [3.63, 3.8) is 0 Å². The molecule has 16 heavy (non-hydrogen) atoms. The summed E-state index contributed by atoms with van der Waals surface area (Å²) in [6, 6.07) is 5.29. The van der Waals surface area contributed by atoms with Crippen molar-refractivity contribution in [1.82, 2.24) is 5.32 Å². The van der Waals surface area contributed by atoms with Crippen molar-refractivity contribution < 1.29 is 9.18 Å². The maximum Gasteiger partial charge on any atom is 0.319 e. The fraction of sp³-hybridized carbons (Fsp3) is 0.364. The molecular formula is C11H16FN3O. The first kappa shape index (κ1) is 12.4. The van der Waals surface area contributed by atoms with Crippen LogP contribution < -0.4 is 16.4 Å². The van der Waals surface area contributed by atoms with Crippen LogP contribution in [0.15, 0.2) is 24.3 Å². The van der Waals surface area contributed by atoms with Crippen molar-refractivity contribution in [3.05, 3.63) is 30.1 Å². The highest BCUT2D eigenvalue weighted by Gasteiger charge is 2.12. The van der Waals surface area contributed by atoms with Crippen LogP contribution >= 0.6 is 0 Å². The van der Waals surface area contributed by atoms with E-state index in [2.05, 4.69) is 10.6 Å². The SMILES string of the molecule is CC(C)(N)CNC(=O)Nc1cccc(F)c1. The molecule has 0 aliphatic carbocycles. The molecule has 4 N–H and O–H groups in total. The molecule has 2 amide bonds. The van der Waals surface area contributed by atoms with Gasteiger partial charge in [-0.1, -0.05) is 6.07 Å². The maximum absolute atomic E-state index is 12.8. The van der Waals surface area contributed by atoms with E-state index in [1.54, 1.807) is 19.9 Å². The number of nitrogens with one attached hydrogen (secondary N) is 2. The summed E-state index contributed by atoms with van der Waals surface area (Å²) in [5, 5.41) is 5.10. The maximum atomic E-state index is 12.8. The molecule has 0 aromatic heterocycles. The fourth-order valence-electron chi connectivity index (χ4n) is 1.05. The molecule has 0 fully saturated rings. The highest BCUT2D eigenvalue weighted by atomic mass is 19.1. The van der Waals surface area contributed by atoms with Crippen LogP contribution in [0.3, 0.4) is 0 Å². The van der Waals surface area contributed by atoms with E-state index in [1.165, 1.54) is 18.2 Å². The van der Waals surface area contributed by atoms with Crippen LogP contribution in [0.1, 0.15) is 13.8 Å². The number of anilines is 1. The number of carbonyl (C=O) groups is 1. The second kappa shape index (κ2) is 4.94. The van der Waals surface area contributed by atoms with E-state index in [1.807, 2.05) is 0 Å². The molecule has 1 aromatic carbocycles. The molecule has 4 nitrogen and oxygen atoms in total. The van der Waals surface area contributed by atoms with Crippen molar-refractivity contribution in [2.45, 2.75) is 19.4 Å². The van der Waals surface area contributed by atoms with Gasteiger partial charge in [-0.15, -0.1) is 0 Å². The third-order valence-corrected chi connectivity index (χ3v) is 1.79. The molecule has 0 spiro atoms. The largest absolute Gasteiger partial charge is 0.336 e. The summed E-state index contributed by atoms with van der Waals surface area (Å²) in [7, 11) is 0. The molecular weight excluding hydrogens is 209 g/mol. The number of benzene rings is 1. The van der Waals surface area contributed by atoms with Gasteiger partial charge in [0.05, 0.1) is 0 Å². The van der Waals surface area contributed by atoms with Gasteiger partial charge in [-0.05, 0) is 32.0 Å². The Morgan fingerprint density at radius 3 is 2.75 bits per heavy atom. The summed E-state index contributed by atoms with van der Waals surface area (Å²) in [4.78, 5) is 11.4. The smallest absolute Gasteiger partial charge is 0.319 e. The van der Waals surface area contributed by atoms with Gasteiger partial charge in [0.1, 0.15) is 5.82 Å². The van der Waals surface area contributed by atoms with E-state index in [4.69, 9.17) is 5.73 Å². The predicted octanol–water partition coefficient (Wildman–Crippen LogP) is 1.68. The molecule has 0 bridgehead atoms. The second-order valence-electron chi connectivity index (χ2n) is 4.31. The molecule has 0 saturated carbocycles. The first-order valence-electron chi connectivity index (χ1n) is 4.96.